The average Bonchev–Trinajstić information content (AvgIpc) is 2.29. The van der Waals surface area contributed by atoms with Crippen molar-refractivity contribution in [2.75, 3.05) is 13.2 Å². The summed E-state index contributed by atoms with van der Waals surface area (Å²) in [6.07, 6.45) is -4.13. The monoisotopic (exact) mass is 236 g/mol. The van der Waals surface area contributed by atoms with E-state index < -0.39 is 37.3 Å². The summed E-state index contributed by atoms with van der Waals surface area (Å²) in [6.45, 7) is 1.97. The van der Waals surface area contributed by atoms with Crippen molar-refractivity contribution in [3.8, 4) is 0 Å². The molecule has 96 valence electrons. The van der Waals surface area contributed by atoms with Gasteiger partial charge in [-0.3, -0.25) is 0 Å². The molecule has 16 heavy (non-hydrogen) atoms. The highest BCUT2D eigenvalue weighted by molar-refractivity contribution is 4.88. The molecule has 1 aliphatic rings. The highest BCUT2D eigenvalue weighted by Gasteiger charge is 2.43. The Morgan fingerprint density at radius 2 is 1.81 bits per heavy atom. The maximum absolute atomic E-state index is 9.58. The molecule has 0 saturated carbocycles. The van der Waals surface area contributed by atoms with Crippen LogP contribution in [0.5, 0.6) is 0 Å². The third-order valence-corrected chi connectivity index (χ3v) is 2.63. The van der Waals surface area contributed by atoms with E-state index in [4.69, 9.17) is 14.6 Å². The first-order valence-corrected chi connectivity index (χ1v) is 5.54. The van der Waals surface area contributed by atoms with E-state index in [0.717, 1.165) is 12.8 Å². The van der Waals surface area contributed by atoms with Crippen LogP contribution in [0.2, 0.25) is 0 Å². The lowest BCUT2D eigenvalue weighted by Crippen LogP contribution is -2.59. The normalized spacial score (nSPS) is 39.9. The van der Waals surface area contributed by atoms with Crippen LogP contribution in [0.3, 0.4) is 0 Å². The molecule has 6 nitrogen and oxygen atoms in total. The van der Waals surface area contributed by atoms with E-state index >= 15 is 0 Å². The Morgan fingerprint density at radius 3 is 2.38 bits per heavy atom. The van der Waals surface area contributed by atoms with Gasteiger partial charge in [-0.15, -0.1) is 0 Å². The first kappa shape index (κ1) is 13.8. The quantitative estimate of drug-likeness (QED) is 0.438. The number of aliphatic hydroxyl groups excluding tert-OH is 4. The van der Waals surface area contributed by atoms with Gasteiger partial charge in [-0.1, -0.05) is 13.3 Å². The number of hydrogen-bond donors (Lipinski definition) is 4. The molecule has 0 aromatic rings. The van der Waals surface area contributed by atoms with Crippen LogP contribution in [0.25, 0.3) is 0 Å². The van der Waals surface area contributed by atoms with Crippen molar-refractivity contribution < 1.29 is 29.9 Å². The van der Waals surface area contributed by atoms with Crippen LogP contribution < -0.4 is 0 Å². The van der Waals surface area contributed by atoms with Crippen LogP contribution in [0.4, 0.5) is 0 Å². The summed E-state index contributed by atoms with van der Waals surface area (Å²) in [5.41, 5.74) is 0. The van der Waals surface area contributed by atoms with Crippen LogP contribution in [-0.2, 0) is 9.47 Å². The minimum atomic E-state index is -1.36. The second kappa shape index (κ2) is 6.48. The molecule has 5 atom stereocenters. The van der Waals surface area contributed by atoms with Crippen molar-refractivity contribution in [2.24, 2.45) is 0 Å². The molecule has 0 bridgehead atoms. The molecule has 0 radical (unpaired) electrons. The molecule has 1 rings (SSSR count). The van der Waals surface area contributed by atoms with Crippen LogP contribution in [0.15, 0.2) is 0 Å². The largest absolute Gasteiger partial charge is 0.394 e. The maximum atomic E-state index is 9.58. The van der Waals surface area contributed by atoms with Gasteiger partial charge in [-0.25, -0.2) is 0 Å². The second-order valence-corrected chi connectivity index (χ2v) is 3.92. The molecular formula is C10H20O6. The van der Waals surface area contributed by atoms with Crippen molar-refractivity contribution in [2.45, 2.75) is 50.5 Å². The number of rotatable bonds is 5. The predicted octanol–water partition coefficient (Wildman–Crippen LogP) is -1.40. The molecule has 6 heteroatoms. The Balaban J connectivity index is 2.50. The molecular weight excluding hydrogens is 216 g/mol. The molecule has 0 aromatic heterocycles. The van der Waals surface area contributed by atoms with Crippen molar-refractivity contribution in [1.29, 1.82) is 0 Å². The van der Waals surface area contributed by atoms with E-state index in [9.17, 15) is 15.3 Å². The predicted molar refractivity (Wildman–Crippen MR) is 54.6 cm³/mol. The Kier molecular flexibility index (Phi) is 5.60. The fourth-order valence-electron chi connectivity index (χ4n) is 1.55. The van der Waals surface area contributed by atoms with Gasteiger partial charge in [-0.2, -0.15) is 0 Å². The zero-order chi connectivity index (χ0) is 12.1. The topological polar surface area (TPSA) is 99.4 Å². The average molecular weight is 236 g/mol. The molecule has 0 spiro atoms. The van der Waals surface area contributed by atoms with Crippen molar-refractivity contribution in [3.05, 3.63) is 0 Å². The molecule has 0 amide bonds. The minimum absolute atomic E-state index is 0.402. The number of unbranched alkanes of at least 4 members (excludes halogenated alkanes) is 1. The third kappa shape index (κ3) is 3.13. The lowest BCUT2D eigenvalue weighted by molar-refractivity contribution is -0.301. The Hall–Kier alpha value is -0.240. The summed E-state index contributed by atoms with van der Waals surface area (Å²) in [7, 11) is 0. The molecule has 1 aliphatic heterocycles. The van der Waals surface area contributed by atoms with Gasteiger partial charge in [0.1, 0.15) is 24.4 Å². The molecule has 2 unspecified atom stereocenters. The fraction of sp³-hybridized carbons (Fsp3) is 1.00. The molecule has 1 heterocycles. The number of aliphatic hydroxyl groups is 4. The number of ether oxygens (including phenoxy) is 2. The Labute approximate surface area is 94.4 Å². The van der Waals surface area contributed by atoms with E-state index in [0.29, 0.717) is 6.61 Å². The summed E-state index contributed by atoms with van der Waals surface area (Å²) < 4.78 is 10.4. The lowest BCUT2D eigenvalue weighted by atomic mass is 9.99. The number of hydrogen-bond acceptors (Lipinski definition) is 6. The van der Waals surface area contributed by atoms with Crippen LogP contribution in [0, 0.1) is 0 Å². The van der Waals surface area contributed by atoms with E-state index in [2.05, 4.69) is 0 Å². The Bertz CT molecular complexity index is 198. The smallest absolute Gasteiger partial charge is 0.186 e. The van der Waals surface area contributed by atoms with Crippen LogP contribution in [-0.4, -0.2) is 64.3 Å². The van der Waals surface area contributed by atoms with Gasteiger partial charge in [0, 0.05) is 6.61 Å². The fourth-order valence-corrected chi connectivity index (χ4v) is 1.55. The van der Waals surface area contributed by atoms with E-state index in [1.54, 1.807) is 0 Å². The molecule has 0 aromatic carbocycles. The molecule has 4 N–H and O–H groups in total. The van der Waals surface area contributed by atoms with Crippen molar-refractivity contribution in [1.82, 2.24) is 0 Å². The van der Waals surface area contributed by atoms with Crippen LogP contribution in [0.1, 0.15) is 19.8 Å². The molecule has 0 aliphatic carbocycles. The zero-order valence-corrected chi connectivity index (χ0v) is 9.32. The van der Waals surface area contributed by atoms with Gasteiger partial charge < -0.3 is 29.9 Å². The first-order valence-electron chi connectivity index (χ1n) is 5.54. The van der Waals surface area contributed by atoms with Gasteiger partial charge >= 0.3 is 0 Å². The standard InChI is InChI=1S/C10H20O6/c1-2-3-4-15-10-9(14)8(13)7(12)6(5-11)16-10/h6-14H,2-5H2,1H3/t6?,7-,8?,9+,10-/m1/s1. The van der Waals surface area contributed by atoms with Gasteiger partial charge in [0.2, 0.25) is 0 Å². The highest BCUT2D eigenvalue weighted by Crippen LogP contribution is 2.21. The van der Waals surface area contributed by atoms with Gasteiger partial charge in [0.05, 0.1) is 6.61 Å². The second-order valence-electron chi connectivity index (χ2n) is 3.92. The SMILES string of the molecule is CCCCO[C@@H]1OC(CO)[C@@H](O)C(O)[C@@H]1O. The van der Waals surface area contributed by atoms with Crippen molar-refractivity contribution >= 4 is 0 Å². The summed E-state index contributed by atoms with van der Waals surface area (Å²) >= 11 is 0. The maximum Gasteiger partial charge on any atom is 0.186 e. The summed E-state index contributed by atoms with van der Waals surface area (Å²) in [5, 5.41) is 37.5. The molecule has 1 fully saturated rings. The first-order chi connectivity index (χ1) is 7.61. The van der Waals surface area contributed by atoms with Crippen LogP contribution >= 0.6 is 0 Å². The molecule has 1 saturated heterocycles. The summed E-state index contributed by atoms with van der Waals surface area (Å²) in [5.74, 6) is 0. The van der Waals surface area contributed by atoms with E-state index in [1.807, 2.05) is 6.92 Å². The van der Waals surface area contributed by atoms with Gasteiger partial charge in [0.25, 0.3) is 0 Å². The summed E-state index contributed by atoms with van der Waals surface area (Å²) in [4.78, 5) is 0. The van der Waals surface area contributed by atoms with Gasteiger partial charge in [0.15, 0.2) is 6.29 Å². The van der Waals surface area contributed by atoms with Crippen molar-refractivity contribution in [3.63, 3.8) is 0 Å². The van der Waals surface area contributed by atoms with E-state index in [-0.39, 0.29) is 0 Å². The minimum Gasteiger partial charge on any atom is -0.394 e. The zero-order valence-electron chi connectivity index (χ0n) is 9.32. The third-order valence-electron chi connectivity index (χ3n) is 2.63. The van der Waals surface area contributed by atoms with E-state index in [1.165, 1.54) is 0 Å². The lowest BCUT2D eigenvalue weighted by Gasteiger charge is -2.39. The van der Waals surface area contributed by atoms with Gasteiger partial charge in [-0.05, 0) is 6.42 Å². The Morgan fingerprint density at radius 1 is 1.12 bits per heavy atom. The summed E-state index contributed by atoms with van der Waals surface area (Å²) in [6, 6.07) is 0. The highest BCUT2D eigenvalue weighted by atomic mass is 16.7.